The van der Waals surface area contributed by atoms with Gasteiger partial charge >= 0.3 is 0 Å². The summed E-state index contributed by atoms with van der Waals surface area (Å²) in [4.78, 5) is 20.1. The van der Waals surface area contributed by atoms with Crippen molar-refractivity contribution < 1.29 is 27.1 Å². The largest absolute Gasteiger partial charge is 0.497 e. The Kier molecular flexibility index (Phi) is 11.6. The summed E-state index contributed by atoms with van der Waals surface area (Å²) in [5, 5.41) is 3.01. The molecule has 1 fully saturated rings. The fraction of sp³-hybridized carbons (Fsp3) is 0.231. The summed E-state index contributed by atoms with van der Waals surface area (Å²) >= 11 is 13.1. The first-order valence-corrected chi connectivity index (χ1v) is 18.8. The number of amides is 1. The van der Waals surface area contributed by atoms with Crippen molar-refractivity contribution in [1.82, 2.24) is 14.2 Å². The number of sulfonamides is 1. The van der Waals surface area contributed by atoms with E-state index in [1.54, 1.807) is 104 Å². The molecule has 0 aliphatic carbocycles. The maximum absolute atomic E-state index is 14.6. The summed E-state index contributed by atoms with van der Waals surface area (Å²) in [7, 11) is -1.27. The van der Waals surface area contributed by atoms with Crippen molar-refractivity contribution in [3.8, 4) is 11.5 Å². The molecule has 52 heavy (non-hydrogen) atoms. The van der Waals surface area contributed by atoms with Gasteiger partial charge in [-0.1, -0.05) is 65.7 Å². The minimum Gasteiger partial charge on any atom is -0.497 e. The lowest BCUT2D eigenvalue weighted by Gasteiger charge is -2.33. The van der Waals surface area contributed by atoms with Crippen molar-refractivity contribution in [2.24, 2.45) is 0 Å². The Bertz CT molecular complexity index is 2080. The van der Waals surface area contributed by atoms with E-state index in [2.05, 4.69) is 10.3 Å². The Hall–Kier alpha value is -4.68. The number of piperidine rings is 1. The van der Waals surface area contributed by atoms with Gasteiger partial charge in [0.15, 0.2) is 5.03 Å². The molecule has 5 aromatic rings. The van der Waals surface area contributed by atoms with Gasteiger partial charge in [0.25, 0.3) is 15.9 Å². The first-order valence-electron chi connectivity index (χ1n) is 16.6. The van der Waals surface area contributed by atoms with Crippen LogP contribution in [0.15, 0.2) is 108 Å². The number of rotatable bonds is 12. The SMILES string of the molecule is COc1ccc(CN(Cc2ccc(OC)cc2)S(=O)(=O)c2ncc(C(=O)N3CCC(c4ccccc4F)CC3)c(Nc3ccc(Cl)cc3)c2Cl)cc1. The number of carbonyl (C=O) groups excluding carboxylic acids is 1. The number of carbonyl (C=O) groups is 1. The zero-order valence-electron chi connectivity index (χ0n) is 28.6. The fourth-order valence-corrected chi connectivity index (χ4v) is 8.21. The van der Waals surface area contributed by atoms with Crippen LogP contribution in [0.3, 0.4) is 0 Å². The molecular weight excluding hydrogens is 726 g/mol. The molecular formula is C39H37Cl2FN4O5S. The third-order valence-electron chi connectivity index (χ3n) is 9.08. The normalized spacial score (nSPS) is 13.6. The van der Waals surface area contributed by atoms with Crippen LogP contribution in [0.2, 0.25) is 10.0 Å². The highest BCUT2D eigenvalue weighted by molar-refractivity contribution is 7.89. The van der Waals surface area contributed by atoms with Crippen molar-refractivity contribution >= 4 is 50.5 Å². The second-order valence-electron chi connectivity index (χ2n) is 12.4. The number of halogens is 3. The van der Waals surface area contributed by atoms with E-state index in [9.17, 15) is 17.6 Å². The molecule has 1 N–H and O–H groups in total. The molecule has 1 aliphatic heterocycles. The third-order valence-corrected chi connectivity index (χ3v) is 11.5. The van der Waals surface area contributed by atoms with Crippen molar-refractivity contribution in [2.45, 2.75) is 36.9 Å². The number of nitrogens with one attached hydrogen (secondary N) is 1. The van der Waals surface area contributed by atoms with Gasteiger partial charge in [-0.2, -0.15) is 4.31 Å². The van der Waals surface area contributed by atoms with Gasteiger partial charge in [0, 0.05) is 43.1 Å². The second kappa shape index (κ2) is 16.3. The molecule has 9 nitrogen and oxygen atoms in total. The van der Waals surface area contributed by atoms with Crippen molar-refractivity contribution in [1.29, 1.82) is 0 Å². The number of likely N-dealkylation sites (tertiary alicyclic amines) is 1. The van der Waals surface area contributed by atoms with Crippen LogP contribution in [-0.2, 0) is 23.1 Å². The lowest BCUT2D eigenvalue weighted by molar-refractivity contribution is 0.0712. The van der Waals surface area contributed by atoms with Gasteiger partial charge in [0.2, 0.25) is 0 Å². The van der Waals surface area contributed by atoms with E-state index < -0.39 is 15.0 Å². The maximum atomic E-state index is 14.6. The van der Waals surface area contributed by atoms with Crippen LogP contribution in [0, 0.1) is 5.82 Å². The third kappa shape index (κ3) is 8.34. The van der Waals surface area contributed by atoms with Gasteiger partial charge in [-0.3, -0.25) is 4.79 Å². The molecule has 270 valence electrons. The Morgan fingerprint density at radius 1 is 0.865 bits per heavy atom. The number of nitrogens with zero attached hydrogens (tertiary/aromatic N) is 3. The Morgan fingerprint density at radius 3 is 1.96 bits per heavy atom. The molecule has 4 aromatic carbocycles. The predicted molar refractivity (Wildman–Crippen MR) is 201 cm³/mol. The Morgan fingerprint density at radius 2 is 1.42 bits per heavy atom. The average molecular weight is 764 g/mol. The summed E-state index contributed by atoms with van der Waals surface area (Å²) < 4.78 is 55.6. The van der Waals surface area contributed by atoms with E-state index in [-0.39, 0.29) is 47.0 Å². The molecule has 6 rings (SSSR count). The number of anilines is 2. The predicted octanol–water partition coefficient (Wildman–Crippen LogP) is 8.70. The van der Waals surface area contributed by atoms with Crippen molar-refractivity contribution in [3.63, 3.8) is 0 Å². The molecule has 1 saturated heterocycles. The quantitative estimate of drug-likeness (QED) is 0.136. The molecule has 0 bridgehead atoms. The summed E-state index contributed by atoms with van der Waals surface area (Å²) in [5.41, 5.74) is 2.76. The molecule has 1 aliphatic rings. The monoisotopic (exact) mass is 762 g/mol. The maximum Gasteiger partial charge on any atom is 0.262 e. The molecule has 0 unspecified atom stereocenters. The number of methoxy groups -OCH3 is 2. The van der Waals surface area contributed by atoms with Crippen LogP contribution in [0.5, 0.6) is 11.5 Å². The van der Waals surface area contributed by atoms with Crippen molar-refractivity contribution in [2.75, 3.05) is 32.6 Å². The van der Waals surface area contributed by atoms with E-state index in [0.29, 0.717) is 64.8 Å². The zero-order chi connectivity index (χ0) is 36.8. The number of aromatic nitrogens is 1. The first kappa shape index (κ1) is 37.1. The number of hydrogen-bond donors (Lipinski definition) is 1. The lowest BCUT2D eigenvalue weighted by atomic mass is 9.89. The van der Waals surface area contributed by atoms with Crippen LogP contribution < -0.4 is 14.8 Å². The summed E-state index contributed by atoms with van der Waals surface area (Å²) in [6.45, 7) is 0.725. The number of hydrogen-bond acceptors (Lipinski definition) is 7. The number of pyridine rings is 1. The molecule has 2 heterocycles. The van der Waals surface area contributed by atoms with Crippen LogP contribution >= 0.6 is 23.2 Å². The average Bonchev–Trinajstić information content (AvgIpc) is 3.16. The molecule has 1 aromatic heterocycles. The summed E-state index contributed by atoms with van der Waals surface area (Å²) in [6.07, 6.45) is 2.37. The molecule has 13 heteroatoms. The van der Waals surface area contributed by atoms with Gasteiger partial charge in [-0.15, -0.1) is 0 Å². The van der Waals surface area contributed by atoms with E-state index in [0.717, 1.165) is 0 Å². The highest BCUT2D eigenvalue weighted by Crippen LogP contribution is 2.38. The van der Waals surface area contributed by atoms with Gasteiger partial charge in [-0.05, 0) is 90.0 Å². The van der Waals surface area contributed by atoms with Gasteiger partial charge in [0.1, 0.15) is 22.3 Å². The highest BCUT2D eigenvalue weighted by Gasteiger charge is 2.34. The zero-order valence-corrected chi connectivity index (χ0v) is 30.9. The van der Waals surface area contributed by atoms with Gasteiger partial charge in [0.05, 0.1) is 25.5 Å². The summed E-state index contributed by atoms with van der Waals surface area (Å²) in [5.74, 6) is 0.589. The van der Waals surface area contributed by atoms with Gasteiger partial charge < -0.3 is 19.7 Å². The van der Waals surface area contributed by atoms with Gasteiger partial charge in [-0.25, -0.2) is 17.8 Å². The first-order chi connectivity index (χ1) is 25.1. The van der Waals surface area contributed by atoms with Crippen molar-refractivity contribution in [3.05, 3.63) is 141 Å². The summed E-state index contributed by atoms with van der Waals surface area (Å²) in [6, 6.07) is 27.6. The molecule has 0 radical (unpaired) electrons. The standard InChI is InChI=1S/C39H37Cl2FN4O5S/c1-50-31-15-7-26(8-16-31)24-46(25-27-9-17-32(51-2)18-10-27)52(48,49)38-36(41)37(44-30-13-11-29(40)12-14-30)34(23-43-38)39(47)45-21-19-28(20-22-45)33-5-3-4-6-35(33)42/h3-18,23,28H,19-22,24-25H2,1-2H3,(H,43,44). The minimum absolute atomic E-state index is 0.00600. The minimum atomic E-state index is -4.38. The highest BCUT2D eigenvalue weighted by atomic mass is 35.5. The second-order valence-corrected chi connectivity index (χ2v) is 15.0. The van der Waals surface area contributed by atoms with Crippen LogP contribution in [-0.4, -0.2) is 55.8 Å². The van der Waals surface area contributed by atoms with E-state index in [1.165, 1.54) is 16.6 Å². The number of benzene rings is 4. The van der Waals surface area contributed by atoms with E-state index in [4.69, 9.17) is 32.7 Å². The van der Waals surface area contributed by atoms with E-state index in [1.807, 2.05) is 6.07 Å². The number of ether oxygens (including phenoxy) is 2. The molecule has 0 saturated carbocycles. The molecule has 0 spiro atoms. The van der Waals surface area contributed by atoms with E-state index >= 15 is 0 Å². The van der Waals surface area contributed by atoms with Crippen LogP contribution in [0.25, 0.3) is 0 Å². The lowest BCUT2D eigenvalue weighted by Crippen LogP contribution is -2.38. The topological polar surface area (TPSA) is 101 Å². The Labute approximate surface area is 313 Å². The van der Waals surface area contributed by atoms with Crippen LogP contribution in [0.1, 0.15) is 45.8 Å². The molecule has 0 atom stereocenters. The Balaban J connectivity index is 1.36. The fourth-order valence-electron chi connectivity index (χ4n) is 6.20. The smallest absolute Gasteiger partial charge is 0.262 e. The molecule has 1 amide bonds. The van der Waals surface area contributed by atoms with Crippen LogP contribution in [0.4, 0.5) is 15.8 Å².